The zero-order valence-electron chi connectivity index (χ0n) is 8.92. The molecule has 1 aromatic rings. The highest BCUT2D eigenvalue weighted by atomic mass is 32.1. The molecule has 1 atom stereocenters. The third-order valence-corrected chi connectivity index (χ3v) is 3.91. The lowest BCUT2D eigenvalue weighted by molar-refractivity contribution is 0.301. The Morgan fingerprint density at radius 1 is 1.64 bits per heavy atom. The number of aromatic nitrogens is 1. The van der Waals surface area contributed by atoms with Crippen molar-refractivity contribution in [2.45, 2.75) is 51.6 Å². The van der Waals surface area contributed by atoms with Crippen molar-refractivity contribution in [2.24, 2.45) is 0 Å². The number of nitrogens with zero attached hydrogens (tertiary/aromatic N) is 1. The Bertz CT molecular complexity index is 291. The van der Waals surface area contributed by atoms with Crippen molar-refractivity contribution in [2.75, 3.05) is 0 Å². The van der Waals surface area contributed by atoms with Gasteiger partial charge in [0.25, 0.3) is 0 Å². The fourth-order valence-electron chi connectivity index (χ4n) is 1.76. The number of aryl methyl sites for hydroxylation is 1. The second kappa shape index (κ2) is 4.41. The lowest BCUT2D eigenvalue weighted by atomic mass is 9.92. The largest absolute Gasteiger partial charge is 0.305 e. The van der Waals surface area contributed by atoms with Gasteiger partial charge in [-0.25, -0.2) is 4.98 Å². The second-order valence-electron chi connectivity index (χ2n) is 4.06. The molecule has 0 amide bonds. The van der Waals surface area contributed by atoms with Gasteiger partial charge >= 0.3 is 0 Å². The van der Waals surface area contributed by atoms with Gasteiger partial charge < -0.3 is 5.32 Å². The molecule has 1 heterocycles. The number of hydrogen-bond acceptors (Lipinski definition) is 3. The SMILES string of the molecule is CCC(NC1CCC1)c1ncc(C)s1. The first-order chi connectivity index (χ1) is 6.79. The van der Waals surface area contributed by atoms with Gasteiger partial charge in [0, 0.05) is 17.1 Å². The van der Waals surface area contributed by atoms with Crippen LogP contribution in [0.1, 0.15) is 48.5 Å². The van der Waals surface area contributed by atoms with Crippen LogP contribution in [0.4, 0.5) is 0 Å². The first-order valence-electron chi connectivity index (χ1n) is 5.48. The molecule has 1 N–H and O–H groups in total. The second-order valence-corrected chi connectivity index (χ2v) is 5.33. The van der Waals surface area contributed by atoms with Crippen LogP contribution in [0.2, 0.25) is 0 Å². The summed E-state index contributed by atoms with van der Waals surface area (Å²) in [6.07, 6.45) is 7.21. The lowest BCUT2D eigenvalue weighted by Gasteiger charge is -2.30. The van der Waals surface area contributed by atoms with E-state index in [1.807, 2.05) is 17.5 Å². The van der Waals surface area contributed by atoms with Gasteiger partial charge in [0.2, 0.25) is 0 Å². The van der Waals surface area contributed by atoms with Gasteiger partial charge in [0.05, 0.1) is 6.04 Å². The Hall–Kier alpha value is -0.410. The van der Waals surface area contributed by atoms with Crippen molar-refractivity contribution in [1.82, 2.24) is 10.3 Å². The van der Waals surface area contributed by atoms with Crippen LogP contribution in [0, 0.1) is 6.92 Å². The molecule has 1 unspecified atom stereocenters. The Labute approximate surface area is 89.8 Å². The summed E-state index contributed by atoms with van der Waals surface area (Å²) in [4.78, 5) is 5.77. The molecule has 1 fully saturated rings. The fraction of sp³-hybridized carbons (Fsp3) is 0.727. The van der Waals surface area contributed by atoms with E-state index >= 15 is 0 Å². The smallest absolute Gasteiger partial charge is 0.110 e. The quantitative estimate of drug-likeness (QED) is 0.826. The summed E-state index contributed by atoms with van der Waals surface area (Å²) < 4.78 is 0. The maximum absolute atomic E-state index is 4.45. The molecule has 0 bridgehead atoms. The van der Waals surface area contributed by atoms with Crippen LogP contribution in [0.5, 0.6) is 0 Å². The molecular formula is C11H18N2S. The topological polar surface area (TPSA) is 24.9 Å². The molecular weight excluding hydrogens is 192 g/mol. The van der Waals surface area contributed by atoms with Crippen LogP contribution < -0.4 is 5.32 Å². The predicted octanol–water partition coefficient (Wildman–Crippen LogP) is 3.04. The third kappa shape index (κ3) is 2.15. The first kappa shape index (κ1) is 10.1. The zero-order valence-corrected chi connectivity index (χ0v) is 9.73. The minimum Gasteiger partial charge on any atom is -0.305 e. The molecule has 2 rings (SSSR count). The van der Waals surface area contributed by atoms with E-state index in [9.17, 15) is 0 Å². The van der Waals surface area contributed by atoms with Crippen molar-refractivity contribution in [3.63, 3.8) is 0 Å². The minimum absolute atomic E-state index is 0.485. The Balaban J connectivity index is 1.97. The van der Waals surface area contributed by atoms with E-state index in [1.165, 1.54) is 29.1 Å². The third-order valence-electron chi connectivity index (χ3n) is 2.89. The van der Waals surface area contributed by atoms with Crippen LogP contribution in [0.3, 0.4) is 0 Å². The number of thiazole rings is 1. The van der Waals surface area contributed by atoms with Gasteiger partial charge in [-0.3, -0.25) is 0 Å². The highest BCUT2D eigenvalue weighted by molar-refractivity contribution is 7.11. The number of hydrogen-bond donors (Lipinski definition) is 1. The van der Waals surface area contributed by atoms with E-state index in [0.717, 1.165) is 12.5 Å². The highest BCUT2D eigenvalue weighted by Gasteiger charge is 2.22. The van der Waals surface area contributed by atoms with Crippen LogP contribution in [-0.2, 0) is 0 Å². The molecule has 3 heteroatoms. The normalized spacial score (nSPS) is 19.3. The van der Waals surface area contributed by atoms with Crippen molar-refractivity contribution in [1.29, 1.82) is 0 Å². The molecule has 78 valence electrons. The summed E-state index contributed by atoms with van der Waals surface area (Å²) in [6, 6.07) is 1.24. The molecule has 1 aromatic heterocycles. The van der Waals surface area contributed by atoms with E-state index in [-0.39, 0.29) is 0 Å². The average Bonchev–Trinajstić information content (AvgIpc) is 2.50. The summed E-state index contributed by atoms with van der Waals surface area (Å²) in [5, 5.41) is 4.94. The van der Waals surface area contributed by atoms with Crippen LogP contribution in [0.25, 0.3) is 0 Å². The summed E-state index contributed by atoms with van der Waals surface area (Å²) >= 11 is 1.82. The maximum Gasteiger partial charge on any atom is 0.110 e. The highest BCUT2D eigenvalue weighted by Crippen LogP contribution is 2.26. The first-order valence-corrected chi connectivity index (χ1v) is 6.29. The van der Waals surface area contributed by atoms with Crippen molar-refractivity contribution in [3.05, 3.63) is 16.1 Å². The standard InChI is InChI=1S/C11H18N2S/c1-3-10(13-9-5-4-6-9)11-12-7-8(2)14-11/h7,9-10,13H,3-6H2,1-2H3. The van der Waals surface area contributed by atoms with Crippen LogP contribution in [-0.4, -0.2) is 11.0 Å². The van der Waals surface area contributed by atoms with Crippen molar-refractivity contribution >= 4 is 11.3 Å². The van der Waals surface area contributed by atoms with E-state index in [4.69, 9.17) is 0 Å². The van der Waals surface area contributed by atoms with E-state index in [0.29, 0.717) is 6.04 Å². The maximum atomic E-state index is 4.45. The van der Waals surface area contributed by atoms with Crippen LogP contribution in [0.15, 0.2) is 6.20 Å². The van der Waals surface area contributed by atoms with Crippen molar-refractivity contribution < 1.29 is 0 Å². The molecule has 2 nitrogen and oxygen atoms in total. The minimum atomic E-state index is 0.485. The number of nitrogens with one attached hydrogen (secondary N) is 1. The fourth-order valence-corrected chi connectivity index (χ4v) is 2.67. The Morgan fingerprint density at radius 3 is 2.86 bits per heavy atom. The summed E-state index contributed by atoms with van der Waals surface area (Å²) in [5.74, 6) is 0. The average molecular weight is 210 g/mol. The zero-order chi connectivity index (χ0) is 9.97. The predicted molar refractivity (Wildman–Crippen MR) is 60.7 cm³/mol. The Morgan fingerprint density at radius 2 is 2.43 bits per heavy atom. The van der Waals surface area contributed by atoms with Gasteiger partial charge in [-0.15, -0.1) is 11.3 Å². The molecule has 1 aliphatic carbocycles. The number of rotatable bonds is 4. The summed E-state index contributed by atoms with van der Waals surface area (Å²) in [5.41, 5.74) is 0. The van der Waals surface area contributed by atoms with Gasteiger partial charge in [0.15, 0.2) is 0 Å². The Kier molecular flexibility index (Phi) is 3.19. The van der Waals surface area contributed by atoms with Crippen LogP contribution >= 0.6 is 11.3 Å². The monoisotopic (exact) mass is 210 g/mol. The van der Waals surface area contributed by atoms with Gasteiger partial charge in [-0.1, -0.05) is 13.3 Å². The van der Waals surface area contributed by atoms with E-state index in [1.54, 1.807) is 0 Å². The molecule has 14 heavy (non-hydrogen) atoms. The molecule has 1 saturated carbocycles. The van der Waals surface area contributed by atoms with Gasteiger partial charge in [-0.2, -0.15) is 0 Å². The molecule has 0 radical (unpaired) electrons. The van der Waals surface area contributed by atoms with E-state index in [2.05, 4.69) is 24.1 Å². The molecule has 1 aliphatic rings. The molecule has 0 aliphatic heterocycles. The van der Waals surface area contributed by atoms with Gasteiger partial charge in [0.1, 0.15) is 5.01 Å². The molecule has 0 aromatic carbocycles. The summed E-state index contributed by atoms with van der Waals surface area (Å²) in [7, 11) is 0. The van der Waals surface area contributed by atoms with E-state index < -0.39 is 0 Å². The molecule has 0 saturated heterocycles. The lowest BCUT2D eigenvalue weighted by Crippen LogP contribution is -2.37. The van der Waals surface area contributed by atoms with Gasteiger partial charge in [-0.05, 0) is 26.2 Å². The summed E-state index contributed by atoms with van der Waals surface area (Å²) in [6.45, 7) is 4.35. The molecule has 0 spiro atoms. The van der Waals surface area contributed by atoms with Crippen molar-refractivity contribution in [3.8, 4) is 0 Å².